The molecule has 3 aromatic rings. The number of carbonyl (C=O) groups excluding carboxylic acids is 1. The number of methoxy groups -OCH3 is 1. The zero-order chi connectivity index (χ0) is 24.8. The molecule has 0 saturated carbocycles. The molecule has 2 heterocycles. The van der Waals surface area contributed by atoms with Crippen LogP contribution in [0.3, 0.4) is 0 Å². The van der Waals surface area contributed by atoms with Crippen LogP contribution in [0, 0.1) is 0 Å². The van der Waals surface area contributed by atoms with Crippen molar-refractivity contribution in [2.24, 2.45) is 0 Å². The van der Waals surface area contributed by atoms with E-state index in [1.165, 1.54) is 5.56 Å². The van der Waals surface area contributed by atoms with Crippen LogP contribution in [0.25, 0.3) is 11.1 Å². The van der Waals surface area contributed by atoms with Crippen LogP contribution < -0.4 is 9.64 Å². The van der Waals surface area contributed by atoms with Gasteiger partial charge in [-0.05, 0) is 56.1 Å². The molecule has 0 N–H and O–H groups in total. The Labute approximate surface area is 208 Å². The summed E-state index contributed by atoms with van der Waals surface area (Å²) in [5.41, 5.74) is 3.61. The smallest absolute Gasteiger partial charge is 0.342 e. The Balaban J connectivity index is 1.60. The van der Waals surface area contributed by atoms with Gasteiger partial charge in [0, 0.05) is 37.4 Å². The molecule has 6 heteroatoms. The number of hydrogen-bond acceptors (Lipinski definition) is 6. The van der Waals surface area contributed by atoms with E-state index >= 15 is 0 Å². The van der Waals surface area contributed by atoms with Crippen LogP contribution in [0.5, 0.6) is 5.75 Å². The normalized spacial score (nSPS) is 15.6. The monoisotopic (exact) mass is 473 g/mol. The second-order valence-electron chi connectivity index (χ2n) is 9.18. The van der Waals surface area contributed by atoms with Gasteiger partial charge in [-0.15, -0.1) is 0 Å². The number of esters is 1. The summed E-state index contributed by atoms with van der Waals surface area (Å²) >= 11 is 0. The average Bonchev–Trinajstić information content (AvgIpc) is 3.37. The van der Waals surface area contributed by atoms with E-state index in [1.807, 2.05) is 62.4 Å². The number of rotatable bonds is 9. The molecular weight excluding hydrogens is 438 g/mol. The number of benzene rings is 2. The first-order valence-electron chi connectivity index (χ1n) is 12.4. The Morgan fingerprint density at radius 1 is 1.14 bits per heavy atom. The highest BCUT2D eigenvalue weighted by Crippen LogP contribution is 2.33. The van der Waals surface area contributed by atoms with E-state index in [0.717, 1.165) is 49.5 Å². The number of likely N-dealkylation sites (N-methyl/N-ethyl adjacent to an activating group) is 1. The van der Waals surface area contributed by atoms with Gasteiger partial charge in [0.05, 0.1) is 13.2 Å². The van der Waals surface area contributed by atoms with Crippen molar-refractivity contribution in [2.75, 3.05) is 31.6 Å². The number of aromatic nitrogens is 1. The molecule has 1 aliphatic rings. The Bertz CT molecular complexity index is 1130. The maximum atomic E-state index is 13.3. The van der Waals surface area contributed by atoms with Crippen molar-refractivity contribution < 1.29 is 14.3 Å². The average molecular weight is 474 g/mol. The molecule has 0 aliphatic carbocycles. The lowest BCUT2D eigenvalue weighted by Gasteiger charge is -2.28. The van der Waals surface area contributed by atoms with Crippen molar-refractivity contribution >= 4 is 11.8 Å². The van der Waals surface area contributed by atoms with Crippen LogP contribution in [-0.4, -0.2) is 54.7 Å². The lowest BCUT2D eigenvalue weighted by atomic mass is 10.0. The Morgan fingerprint density at radius 3 is 2.66 bits per heavy atom. The van der Waals surface area contributed by atoms with Crippen LogP contribution in [0.15, 0.2) is 66.9 Å². The number of pyridine rings is 1. The van der Waals surface area contributed by atoms with Gasteiger partial charge in [-0.2, -0.15) is 0 Å². The molecule has 35 heavy (non-hydrogen) atoms. The van der Waals surface area contributed by atoms with Gasteiger partial charge in [-0.1, -0.05) is 49.4 Å². The minimum Gasteiger partial charge on any atom is -0.497 e. The second-order valence-corrected chi connectivity index (χ2v) is 9.18. The molecule has 0 bridgehead atoms. The van der Waals surface area contributed by atoms with E-state index in [4.69, 9.17) is 14.5 Å². The van der Waals surface area contributed by atoms with Crippen LogP contribution in [0.4, 0.5) is 5.82 Å². The number of nitrogens with zero attached hydrogens (tertiary/aromatic N) is 3. The molecular formula is C29H35N3O3. The molecule has 0 amide bonds. The lowest BCUT2D eigenvalue weighted by molar-refractivity contribution is 0.0379. The molecule has 1 fully saturated rings. The first-order valence-corrected chi connectivity index (χ1v) is 12.4. The molecule has 2 aromatic carbocycles. The van der Waals surface area contributed by atoms with Gasteiger partial charge in [-0.3, -0.25) is 4.90 Å². The zero-order valence-electron chi connectivity index (χ0n) is 21.1. The molecule has 0 unspecified atom stereocenters. The quantitative estimate of drug-likeness (QED) is 0.387. The minimum atomic E-state index is -0.325. The van der Waals surface area contributed by atoms with Gasteiger partial charge in [0.15, 0.2) is 0 Å². The van der Waals surface area contributed by atoms with Crippen molar-refractivity contribution in [3.05, 3.63) is 78.0 Å². The molecule has 4 rings (SSSR count). The Morgan fingerprint density at radius 2 is 1.94 bits per heavy atom. The predicted octanol–water partition coefficient (Wildman–Crippen LogP) is 5.42. The van der Waals surface area contributed by atoms with Gasteiger partial charge in [0.25, 0.3) is 0 Å². The molecule has 0 spiro atoms. The van der Waals surface area contributed by atoms with Crippen LogP contribution in [0.1, 0.15) is 43.1 Å². The van der Waals surface area contributed by atoms with Crippen LogP contribution in [-0.2, 0) is 11.3 Å². The number of carbonyl (C=O) groups is 1. The first kappa shape index (κ1) is 24.7. The van der Waals surface area contributed by atoms with E-state index in [1.54, 1.807) is 13.3 Å². The summed E-state index contributed by atoms with van der Waals surface area (Å²) in [6.07, 6.45) is 2.60. The molecule has 184 valence electrons. The predicted molar refractivity (Wildman–Crippen MR) is 140 cm³/mol. The number of anilines is 1. The fourth-order valence-corrected chi connectivity index (χ4v) is 4.76. The van der Waals surface area contributed by atoms with Gasteiger partial charge < -0.3 is 14.4 Å². The van der Waals surface area contributed by atoms with E-state index in [0.29, 0.717) is 17.4 Å². The highest BCUT2D eigenvalue weighted by molar-refractivity contribution is 6.02. The summed E-state index contributed by atoms with van der Waals surface area (Å²) < 4.78 is 11.1. The number of ether oxygens (including phenoxy) is 2. The standard InChI is InChI=1S/C29H35N3O3/c1-5-31(19-22-10-9-13-25(18-22)34-4)24-15-17-32(20-24)28-27(29(33)35-21(2)3)26(14-16-30-28)23-11-7-6-8-12-23/h6-14,16,18,21,24H,5,15,17,19-20H2,1-4H3/t24-/m1/s1. The van der Waals surface area contributed by atoms with Gasteiger partial charge in [0.1, 0.15) is 17.1 Å². The third-order valence-corrected chi connectivity index (χ3v) is 6.47. The lowest BCUT2D eigenvalue weighted by Crippen LogP contribution is -2.37. The zero-order valence-corrected chi connectivity index (χ0v) is 21.1. The molecule has 1 saturated heterocycles. The van der Waals surface area contributed by atoms with E-state index in [-0.39, 0.29) is 12.1 Å². The van der Waals surface area contributed by atoms with Gasteiger partial charge in [-0.25, -0.2) is 9.78 Å². The Kier molecular flexibility index (Phi) is 8.03. The SMILES string of the molecule is CCN(Cc1cccc(OC)c1)[C@@H]1CCN(c2nccc(-c3ccccc3)c2C(=O)OC(C)C)C1. The highest BCUT2D eigenvalue weighted by Gasteiger charge is 2.32. The van der Waals surface area contributed by atoms with Crippen molar-refractivity contribution in [1.82, 2.24) is 9.88 Å². The molecule has 1 aliphatic heterocycles. The summed E-state index contributed by atoms with van der Waals surface area (Å²) in [6.45, 7) is 9.39. The fourth-order valence-electron chi connectivity index (χ4n) is 4.76. The largest absolute Gasteiger partial charge is 0.497 e. The summed E-state index contributed by atoms with van der Waals surface area (Å²) in [6, 6.07) is 20.5. The number of hydrogen-bond donors (Lipinski definition) is 0. The van der Waals surface area contributed by atoms with E-state index in [9.17, 15) is 4.79 Å². The molecule has 1 atom stereocenters. The molecule has 1 aromatic heterocycles. The summed E-state index contributed by atoms with van der Waals surface area (Å²) in [5.74, 6) is 1.26. The highest BCUT2D eigenvalue weighted by atomic mass is 16.5. The molecule has 6 nitrogen and oxygen atoms in total. The first-order chi connectivity index (χ1) is 17.0. The summed E-state index contributed by atoms with van der Waals surface area (Å²) in [5, 5.41) is 0. The minimum absolute atomic E-state index is 0.205. The third kappa shape index (κ3) is 5.82. The van der Waals surface area contributed by atoms with E-state index in [2.05, 4.69) is 28.9 Å². The van der Waals surface area contributed by atoms with Crippen LogP contribution in [0.2, 0.25) is 0 Å². The van der Waals surface area contributed by atoms with E-state index < -0.39 is 0 Å². The van der Waals surface area contributed by atoms with Crippen LogP contribution >= 0.6 is 0 Å². The van der Waals surface area contributed by atoms with Crippen molar-refractivity contribution in [3.63, 3.8) is 0 Å². The maximum absolute atomic E-state index is 13.3. The second kappa shape index (κ2) is 11.4. The fraction of sp³-hybridized carbons (Fsp3) is 0.379. The molecule has 0 radical (unpaired) electrons. The Hall–Kier alpha value is -3.38. The van der Waals surface area contributed by atoms with Gasteiger partial charge >= 0.3 is 5.97 Å². The maximum Gasteiger partial charge on any atom is 0.342 e. The van der Waals surface area contributed by atoms with Gasteiger partial charge in [0.2, 0.25) is 0 Å². The van der Waals surface area contributed by atoms with Crippen molar-refractivity contribution in [1.29, 1.82) is 0 Å². The summed E-state index contributed by atoms with van der Waals surface area (Å²) in [7, 11) is 1.70. The third-order valence-electron chi connectivity index (χ3n) is 6.47. The summed E-state index contributed by atoms with van der Waals surface area (Å²) in [4.78, 5) is 22.7. The topological polar surface area (TPSA) is 54.9 Å². The van der Waals surface area contributed by atoms with Crippen molar-refractivity contribution in [2.45, 2.75) is 45.9 Å². The van der Waals surface area contributed by atoms with Crippen molar-refractivity contribution in [3.8, 4) is 16.9 Å².